The SMILES string of the molecule is Cc1cccc(C)c1[C@@H](N)CO.Cl. The maximum absolute atomic E-state index is 8.91. The second-order valence-corrected chi connectivity index (χ2v) is 3.09. The van der Waals surface area contributed by atoms with Crippen LogP contribution in [0, 0.1) is 13.8 Å². The Morgan fingerprint density at radius 2 is 1.77 bits per heavy atom. The van der Waals surface area contributed by atoms with Crippen LogP contribution < -0.4 is 5.73 Å². The van der Waals surface area contributed by atoms with Crippen LogP contribution in [0.5, 0.6) is 0 Å². The van der Waals surface area contributed by atoms with Gasteiger partial charge in [0.05, 0.1) is 12.6 Å². The fourth-order valence-electron chi connectivity index (χ4n) is 1.50. The zero-order valence-corrected chi connectivity index (χ0v) is 8.77. The Hall–Kier alpha value is -0.570. The first-order chi connectivity index (χ1) is 5.66. The van der Waals surface area contributed by atoms with Gasteiger partial charge < -0.3 is 10.8 Å². The van der Waals surface area contributed by atoms with Gasteiger partial charge in [0.2, 0.25) is 0 Å². The van der Waals surface area contributed by atoms with Crippen LogP contribution in [0.2, 0.25) is 0 Å². The lowest BCUT2D eigenvalue weighted by molar-refractivity contribution is 0.267. The quantitative estimate of drug-likeness (QED) is 0.766. The Kier molecular flexibility index (Phi) is 4.99. The number of halogens is 1. The number of aliphatic hydroxyl groups excluding tert-OH is 1. The van der Waals surface area contributed by atoms with Crippen LogP contribution in [-0.4, -0.2) is 11.7 Å². The van der Waals surface area contributed by atoms with E-state index in [2.05, 4.69) is 0 Å². The van der Waals surface area contributed by atoms with Crippen molar-refractivity contribution in [3.63, 3.8) is 0 Å². The number of benzene rings is 1. The molecule has 0 spiro atoms. The van der Waals surface area contributed by atoms with Gasteiger partial charge in [-0.1, -0.05) is 18.2 Å². The van der Waals surface area contributed by atoms with Crippen molar-refractivity contribution in [1.29, 1.82) is 0 Å². The molecule has 74 valence electrons. The third-order valence-electron chi connectivity index (χ3n) is 2.11. The lowest BCUT2D eigenvalue weighted by atomic mass is 9.97. The molecule has 1 aromatic rings. The van der Waals surface area contributed by atoms with Crippen LogP contribution >= 0.6 is 12.4 Å². The van der Waals surface area contributed by atoms with Crippen LogP contribution in [0.4, 0.5) is 0 Å². The van der Waals surface area contributed by atoms with E-state index in [-0.39, 0.29) is 25.1 Å². The highest BCUT2D eigenvalue weighted by atomic mass is 35.5. The van der Waals surface area contributed by atoms with Crippen LogP contribution in [0.3, 0.4) is 0 Å². The fraction of sp³-hybridized carbons (Fsp3) is 0.400. The predicted octanol–water partition coefficient (Wildman–Crippen LogP) is 1.72. The van der Waals surface area contributed by atoms with E-state index in [0.717, 1.165) is 16.7 Å². The third-order valence-corrected chi connectivity index (χ3v) is 2.11. The normalized spacial score (nSPS) is 12.0. The van der Waals surface area contributed by atoms with Crippen LogP contribution in [-0.2, 0) is 0 Å². The highest BCUT2D eigenvalue weighted by Gasteiger charge is 2.09. The molecule has 0 saturated carbocycles. The fourth-order valence-corrected chi connectivity index (χ4v) is 1.50. The van der Waals surface area contributed by atoms with Crippen molar-refractivity contribution < 1.29 is 5.11 Å². The van der Waals surface area contributed by atoms with Gasteiger partial charge in [-0.25, -0.2) is 0 Å². The number of aryl methyl sites for hydroxylation is 2. The summed E-state index contributed by atoms with van der Waals surface area (Å²) in [5, 5.41) is 8.91. The van der Waals surface area contributed by atoms with E-state index >= 15 is 0 Å². The summed E-state index contributed by atoms with van der Waals surface area (Å²) < 4.78 is 0. The van der Waals surface area contributed by atoms with Gasteiger partial charge in [-0.3, -0.25) is 0 Å². The first kappa shape index (κ1) is 12.4. The van der Waals surface area contributed by atoms with Gasteiger partial charge in [-0.05, 0) is 30.5 Å². The summed E-state index contributed by atoms with van der Waals surface area (Å²) in [6.07, 6.45) is 0. The Morgan fingerprint density at radius 1 is 1.31 bits per heavy atom. The lowest BCUT2D eigenvalue weighted by Gasteiger charge is -2.14. The first-order valence-electron chi connectivity index (χ1n) is 4.09. The van der Waals surface area contributed by atoms with Crippen molar-refractivity contribution in [2.45, 2.75) is 19.9 Å². The number of rotatable bonds is 2. The molecule has 0 unspecified atom stereocenters. The number of nitrogens with two attached hydrogens (primary N) is 1. The van der Waals surface area contributed by atoms with Crippen LogP contribution in [0.25, 0.3) is 0 Å². The van der Waals surface area contributed by atoms with E-state index in [4.69, 9.17) is 10.8 Å². The first-order valence-corrected chi connectivity index (χ1v) is 4.09. The van der Waals surface area contributed by atoms with Gasteiger partial charge in [0.15, 0.2) is 0 Å². The van der Waals surface area contributed by atoms with Gasteiger partial charge in [0.25, 0.3) is 0 Å². The molecule has 0 saturated heterocycles. The molecular weight excluding hydrogens is 186 g/mol. The number of hydrogen-bond donors (Lipinski definition) is 2. The standard InChI is InChI=1S/C10H15NO.ClH/c1-7-4-3-5-8(2)10(7)9(11)6-12;/h3-5,9,12H,6,11H2,1-2H3;1H/t9-;/m0./s1. The van der Waals surface area contributed by atoms with E-state index in [1.54, 1.807) is 0 Å². The lowest BCUT2D eigenvalue weighted by Crippen LogP contribution is -2.17. The maximum Gasteiger partial charge on any atom is 0.0624 e. The average Bonchev–Trinajstić information content (AvgIpc) is 2.03. The molecule has 3 heteroatoms. The largest absolute Gasteiger partial charge is 0.394 e. The Morgan fingerprint density at radius 3 is 2.15 bits per heavy atom. The molecular formula is C10H16ClNO. The van der Waals surface area contributed by atoms with Crippen molar-refractivity contribution in [2.24, 2.45) is 5.73 Å². The summed E-state index contributed by atoms with van der Waals surface area (Å²) in [6.45, 7) is 4.03. The molecule has 1 atom stereocenters. The smallest absolute Gasteiger partial charge is 0.0624 e. The minimum Gasteiger partial charge on any atom is -0.394 e. The topological polar surface area (TPSA) is 46.2 Å². The van der Waals surface area contributed by atoms with Gasteiger partial charge in [-0.2, -0.15) is 0 Å². The van der Waals surface area contributed by atoms with Gasteiger partial charge in [0, 0.05) is 0 Å². The minimum atomic E-state index is -0.244. The molecule has 1 aromatic carbocycles. The second-order valence-electron chi connectivity index (χ2n) is 3.09. The number of aliphatic hydroxyl groups is 1. The molecule has 0 aliphatic carbocycles. The molecule has 0 heterocycles. The summed E-state index contributed by atoms with van der Waals surface area (Å²) >= 11 is 0. The highest BCUT2D eigenvalue weighted by Crippen LogP contribution is 2.19. The Labute approximate surface area is 85.2 Å². The second kappa shape index (κ2) is 5.22. The number of hydrogen-bond acceptors (Lipinski definition) is 2. The van der Waals surface area contributed by atoms with Crippen LogP contribution in [0.15, 0.2) is 18.2 Å². The van der Waals surface area contributed by atoms with E-state index in [1.165, 1.54) is 0 Å². The summed E-state index contributed by atoms with van der Waals surface area (Å²) in [6, 6.07) is 5.78. The van der Waals surface area contributed by atoms with Gasteiger partial charge in [0.1, 0.15) is 0 Å². The van der Waals surface area contributed by atoms with Crippen molar-refractivity contribution in [2.75, 3.05) is 6.61 Å². The molecule has 0 aliphatic rings. The molecule has 0 bridgehead atoms. The zero-order valence-electron chi connectivity index (χ0n) is 7.95. The summed E-state index contributed by atoms with van der Waals surface area (Å²) in [5.41, 5.74) is 9.11. The van der Waals surface area contributed by atoms with E-state index < -0.39 is 0 Å². The monoisotopic (exact) mass is 201 g/mol. The predicted molar refractivity (Wildman–Crippen MR) is 57.2 cm³/mol. The molecule has 2 nitrogen and oxygen atoms in total. The zero-order chi connectivity index (χ0) is 9.14. The van der Waals surface area contributed by atoms with Gasteiger partial charge >= 0.3 is 0 Å². The molecule has 0 amide bonds. The van der Waals surface area contributed by atoms with E-state index in [0.29, 0.717) is 0 Å². The molecule has 0 aromatic heterocycles. The Balaban J connectivity index is 0.00000144. The molecule has 3 N–H and O–H groups in total. The van der Waals surface area contributed by atoms with Gasteiger partial charge in [-0.15, -0.1) is 12.4 Å². The summed E-state index contributed by atoms with van der Waals surface area (Å²) in [7, 11) is 0. The summed E-state index contributed by atoms with van der Waals surface area (Å²) in [5.74, 6) is 0. The van der Waals surface area contributed by atoms with Crippen molar-refractivity contribution >= 4 is 12.4 Å². The molecule has 0 radical (unpaired) electrons. The van der Waals surface area contributed by atoms with Crippen LogP contribution in [0.1, 0.15) is 22.7 Å². The maximum atomic E-state index is 8.91. The van der Waals surface area contributed by atoms with E-state index in [9.17, 15) is 0 Å². The highest BCUT2D eigenvalue weighted by molar-refractivity contribution is 5.85. The minimum absolute atomic E-state index is 0. The van der Waals surface area contributed by atoms with Crippen molar-refractivity contribution in [3.8, 4) is 0 Å². The molecule has 1 rings (SSSR count). The average molecular weight is 202 g/mol. The molecule has 0 aliphatic heterocycles. The third kappa shape index (κ3) is 2.69. The summed E-state index contributed by atoms with van der Waals surface area (Å²) in [4.78, 5) is 0. The van der Waals surface area contributed by atoms with Crippen molar-refractivity contribution in [3.05, 3.63) is 34.9 Å². The molecule has 13 heavy (non-hydrogen) atoms. The molecule has 0 fully saturated rings. The van der Waals surface area contributed by atoms with E-state index in [1.807, 2.05) is 32.0 Å². The Bertz CT molecular complexity index is 255. The van der Waals surface area contributed by atoms with Crippen molar-refractivity contribution in [1.82, 2.24) is 0 Å².